The van der Waals surface area contributed by atoms with E-state index < -0.39 is 0 Å². The first kappa shape index (κ1) is 12.4. The molecule has 90 valence electrons. The fraction of sp³-hybridized carbons (Fsp3) is 0.357. The summed E-state index contributed by atoms with van der Waals surface area (Å²) in [5.41, 5.74) is 1.37. The van der Waals surface area contributed by atoms with E-state index in [0.717, 1.165) is 11.5 Å². The Morgan fingerprint density at radius 3 is 3.00 bits per heavy atom. The number of hydrogen-bond acceptors (Lipinski definition) is 3. The Balaban J connectivity index is 2.38. The molecule has 0 saturated heterocycles. The van der Waals surface area contributed by atoms with Crippen LogP contribution in [-0.4, -0.2) is 23.5 Å². The third-order valence-electron chi connectivity index (χ3n) is 2.93. The fourth-order valence-electron chi connectivity index (χ4n) is 2.02. The maximum Gasteiger partial charge on any atom is 0.0415 e. The molecule has 0 radical (unpaired) electrons. The number of hydrogen-bond donors (Lipinski definition) is 1. The number of thioether (sulfide) groups is 1. The molecular formula is C14H18N2S. The van der Waals surface area contributed by atoms with Gasteiger partial charge in [-0.3, -0.25) is 4.98 Å². The molecule has 3 heteroatoms. The number of nitrogens with zero attached hydrogens (tertiary/aromatic N) is 1. The lowest BCUT2D eigenvalue weighted by atomic mass is 10.0. The lowest BCUT2D eigenvalue weighted by Gasteiger charge is -2.18. The summed E-state index contributed by atoms with van der Waals surface area (Å²) in [6, 6.07) is 8.95. The highest BCUT2D eigenvalue weighted by Crippen LogP contribution is 2.25. The summed E-state index contributed by atoms with van der Waals surface area (Å²) in [5, 5.41) is 5.92. The van der Waals surface area contributed by atoms with Crippen molar-refractivity contribution < 1.29 is 0 Å². The summed E-state index contributed by atoms with van der Waals surface area (Å²) in [4.78, 5) is 4.18. The van der Waals surface area contributed by atoms with Gasteiger partial charge in [0.25, 0.3) is 0 Å². The SMILES string of the molecule is CCSCC(NC)c1cccc2cnccc12. The zero-order valence-corrected chi connectivity index (χ0v) is 11.1. The van der Waals surface area contributed by atoms with E-state index in [2.05, 4.69) is 41.5 Å². The number of pyridine rings is 1. The minimum Gasteiger partial charge on any atom is -0.312 e. The minimum atomic E-state index is 0.408. The van der Waals surface area contributed by atoms with Crippen LogP contribution in [0.25, 0.3) is 10.8 Å². The maximum absolute atomic E-state index is 4.18. The number of nitrogens with one attached hydrogen (secondary N) is 1. The molecule has 0 aliphatic heterocycles. The fourth-order valence-corrected chi connectivity index (χ4v) is 2.83. The predicted octanol–water partition coefficient (Wildman–Crippen LogP) is 3.25. The quantitative estimate of drug-likeness (QED) is 0.876. The summed E-state index contributed by atoms with van der Waals surface area (Å²) in [6.07, 6.45) is 3.80. The molecule has 0 aliphatic rings. The van der Waals surface area contributed by atoms with E-state index >= 15 is 0 Å². The van der Waals surface area contributed by atoms with Crippen LogP contribution in [0.5, 0.6) is 0 Å². The molecule has 1 N–H and O–H groups in total. The van der Waals surface area contributed by atoms with Crippen molar-refractivity contribution in [2.75, 3.05) is 18.6 Å². The summed E-state index contributed by atoms with van der Waals surface area (Å²) in [5.74, 6) is 2.26. The molecule has 1 heterocycles. The second-order valence-corrected chi connectivity index (χ2v) is 5.26. The van der Waals surface area contributed by atoms with Gasteiger partial charge in [0.05, 0.1) is 0 Å². The summed E-state index contributed by atoms with van der Waals surface area (Å²) in [7, 11) is 2.03. The summed E-state index contributed by atoms with van der Waals surface area (Å²) in [6.45, 7) is 2.20. The van der Waals surface area contributed by atoms with Crippen molar-refractivity contribution in [2.45, 2.75) is 13.0 Å². The molecule has 1 aromatic carbocycles. The van der Waals surface area contributed by atoms with E-state index in [-0.39, 0.29) is 0 Å². The van der Waals surface area contributed by atoms with E-state index in [1.807, 2.05) is 31.2 Å². The van der Waals surface area contributed by atoms with Crippen molar-refractivity contribution in [3.05, 3.63) is 42.2 Å². The van der Waals surface area contributed by atoms with Crippen LogP contribution >= 0.6 is 11.8 Å². The molecule has 0 bridgehead atoms. The lowest BCUT2D eigenvalue weighted by molar-refractivity contribution is 0.667. The van der Waals surface area contributed by atoms with Gasteiger partial charge in [-0.05, 0) is 29.8 Å². The first-order valence-corrected chi connectivity index (χ1v) is 7.10. The molecule has 17 heavy (non-hydrogen) atoms. The van der Waals surface area contributed by atoms with Crippen LogP contribution in [0, 0.1) is 0 Å². The van der Waals surface area contributed by atoms with Crippen LogP contribution in [0.2, 0.25) is 0 Å². The van der Waals surface area contributed by atoms with Crippen LogP contribution in [-0.2, 0) is 0 Å². The van der Waals surface area contributed by atoms with Crippen LogP contribution < -0.4 is 5.32 Å². The molecule has 0 spiro atoms. The smallest absolute Gasteiger partial charge is 0.0415 e. The van der Waals surface area contributed by atoms with Crippen LogP contribution in [0.15, 0.2) is 36.7 Å². The normalized spacial score (nSPS) is 12.8. The molecule has 1 unspecified atom stereocenters. The van der Waals surface area contributed by atoms with Crippen LogP contribution in [0.3, 0.4) is 0 Å². The standard InChI is InChI=1S/C14H18N2S/c1-3-17-10-14(15-2)13-6-4-5-11-9-16-8-7-12(11)13/h4-9,14-15H,3,10H2,1-2H3. The maximum atomic E-state index is 4.18. The van der Waals surface area contributed by atoms with E-state index in [0.29, 0.717) is 6.04 Å². The Morgan fingerprint density at radius 2 is 2.24 bits per heavy atom. The second kappa shape index (κ2) is 6.03. The van der Waals surface area contributed by atoms with Gasteiger partial charge < -0.3 is 5.32 Å². The van der Waals surface area contributed by atoms with Gasteiger partial charge in [0.15, 0.2) is 0 Å². The van der Waals surface area contributed by atoms with E-state index in [4.69, 9.17) is 0 Å². The van der Waals surface area contributed by atoms with Crippen molar-refractivity contribution in [3.63, 3.8) is 0 Å². The largest absolute Gasteiger partial charge is 0.312 e. The molecule has 2 aromatic rings. The van der Waals surface area contributed by atoms with Crippen molar-refractivity contribution in [1.82, 2.24) is 10.3 Å². The highest BCUT2D eigenvalue weighted by Gasteiger charge is 2.11. The molecule has 0 amide bonds. The van der Waals surface area contributed by atoms with E-state index in [9.17, 15) is 0 Å². The first-order valence-electron chi connectivity index (χ1n) is 5.94. The zero-order chi connectivity index (χ0) is 12.1. The van der Waals surface area contributed by atoms with Crippen molar-refractivity contribution >= 4 is 22.5 Å². The number of aromatic nitrogens is 1. The first-order chi connectivity index (χ1) is 8.36. The predicted molar refractivity (Wildman–Crippen MR) is 76.5 cm³/mol. The van der Waals surface area contributed by atoms with Crippen molar-refractivity contribution in [2.24, 2.45) is 0 Å². The van der Waals surface area contributed by atoms with E-state index in [1.165, 1.54) is 16.3 Å². The minimum absolute atomic E-state index is 0.408. The summed E-state index contributed by atoms with van der Waals surface area (Å²) >= 11 is 1.97. The molecule has 2 rings (SSSR count). The van der Waals surface area contributed by atoms with Gasteiger partial charge in [-0.15, -0.1) is 0 Å². The summed E-state index contributed by atoms with van der Waals surface area (Å²) < 4.78 is 0. The van der Waals surface area contributed by atoms with Gasteiger partial charge in [0.2, 0.25) is 0 Å². The molecule has 0 saturated carbocycles. The van der Waals surface area contributed by atoms with Crippen LogP contribution in [0.4, 0.5) is 0 Å². The molecule has 1 atom stereocenters. The third-order valence-corrected chi connectivity index (χ3v) is 3.90. The Labute approximate surface area is 107 Å². The molecule has 0 fully saturated rings. The second-order valence-electron chi connectivity index (χ2n) is 3.94. The highest BCUT2D eigenvalue weighted by atomic mass is 32.2. The molecule has 0 aliphatic carbocycles. The Morgan fingerprint density at radius 1 is 1.35 bits per heavy atom. The van der Waals surface area contributed by atoms with E-state index in [1.54, 1.807) is 0 Å². The topological polar surface area (TPSA) is 24.9 Å². The van der Waals surface area contributed by atoms with Crippen molar-refractivity contribution in [3.8, 4) is 0 Å². The molecule has 1 aromatic heterocycles. The third kappa shape index (κ3) is 2.79. The Bertz CT molecular complexity index is 479. The van der Waals surface area contributed by atoms with Gasteiger partial charge in [-0.25, -0.2) is 0 Å². The number of fused-ring (bicyclic) bond motifs is 1. The molecule has 2 nitrogen and oxygen atoms in total. The Hall–Kier alpha value is -1.06. The van der Waals surface area contributed by atoms with Gasteiger partial charge in [0.1, 0.15) is 0 Å². The van der Waals surface area contributed by atoms with Gasteiger partial charge >= 0.3 is 0 Å². The average molecular weight is 246 g/mol. The monoisotopic (exact) mass is 246 g/mol. The highest BCUT2D eigenvalue weighted by molar-refractivity contribution is 7.99. The van der Waals surface area contributed by atoms with Crippen LogP contribution in [0.1, 0.15) is 18.5 Å². The zero-order valence-electron chi connectivity index (χ0n) is 10.3. The molecular weight excluding hydrogens is 228 g/mol. The van der Waals surface area contributed by atoms with Gasteiger partial charge in [-0.2, -0.15) is 11.8 Å². The number of rotatable bonds is 5. The van der Waals surface area contributed by atoms with Gasteiger partial charge in [0, 0.05) is 29.6 Å². The number of benzene rings is 1. The Kier molecular flexibility index (Phi) is 4.40. The van der Waals surface area contributed by atoms with Crippen molar-refractivity contribution in [1.29, 1.82) is 0 Å². The average Bonchev–Trinajstić information content (AvgIpc) is 2.40. The van der Waals surface area contributed by atoms with Gasteiger partial charge in [-0.1, -0.05) is 25.1 Å². The lowest BCUT2D eigenvalue weighted by Crippen LogP contribution is -2.19.